The van der Waals surface area contributed by atoms with Crippen LogP contribution in [0.25, 0.3) is 0 Å². The van der Waals surface area contributed by atoms with E-state index in [1.807, 2.05) is 6.07 Å². The van der Waals surface area contributed by atoms with Crippen LogP contribution in [0.5, 0.6) is 0 Å². The van der Waals surface area contributed by atoms with Crippen molar-refractivity contribution in [2.45, 2.75) is 12.5 Å². The lowest BCUT2D eigenvalue weighted by atomic mass is 10.0. The highest BCUT2D eigenvalue weighted by Gasteiger charge is 2.21. The molecule has 0 radical (unpaired) electrons. The van der Waals surface area contributed by atoms with E-state index < -0.39 is 24.5 Å². The highest BCUT2D eigenvalue weighted by atomic mass is 16.5. The molecule has 0 bridgehead atoms. The van der Waals surface area contributed by atoms with Crippen molar-refractivity contribution in [1.82, 2.24) is 15.5 Å². The topological polar surface area (TPSA) is 105 Å². The molecule has 0 aliphatic rings. The van der Waals surface area contributed by atoms with Gasteiger partial charge in [0.15, 0.2) is 6.61 Å². The molecule has 0 fully saturated rings. The smallest absolute Gasteiger partial charge is 0.308 e. The first-order chi connectivity index (χ1) is 14.4. The van der Waals surface area contributed by atoms with Crippen LogP contribution in [-0.2, 0) is 19.1 Å². The minimum Gasteiger partial charge on any atom is -0.455 e. The number of hydrogen-bond acceptors (Lipinski definition) is 5. The van der Waals surface area contributed by atoms with Crippen LogP contribution in [0.4, 0.5) is 0 Å². The molecule has 30 heavy (non-hydrogen) atoms. The summed E-state index contributed by atoms with van der Waals surface area (Å²) in [5.74, 6) is -1.79. The van der Waals surface area contributed by atoms with Gasteiger partial charge in [0, 0.05) is 19.7 Å². The van der Waals surface area contributed by atoms with E-state index >= 15 is 0 Å². The van der Waals surface area contributed by atoms with E-state index in [0.717, 1.165) is 10.5 Å². The zero-order chi connectivity index (χ0) is 21.9. The van der Waals surface area contributed by atoms with Crippen LogP contribution in [0.1, 0.15) is 28.4 Å². The van der Waals surface area contributed by atoms with Crippen LogP contribution in [0.15, 0.2) is 60.7 Å². The SMILES string of the molecule is CNC(=O)CN(C)C(=O)COC(=O)C[C@H](NC(=O)c1ccccc1)c1ccccc1. The van der Waals surface area contributed by atoms with Crippen LogP contribution in [-0.4, -0.2) is 55.8 Å². The Balaban J connectivity index is 1.98. The number of hydrogen-bond donors (Lipinski definition) is 2. The summed E-state index contributed by atoms with van der Waals surface area (Å²) in [5, 5.41) is 5.25. The number of nitrogens with one attached hydrogen (secondary N) is 2. The minimum atomic E-state index is -0.640. The monoisotopic (exact) mass is 411 g/mol. The fourth-order valence-corrected chi connectivity index (χ4v) is 2.63. The molecule has 1 atom stereocenters. The molecule has 2 aromatic rings. The molecule has 0 heterocycles. The normalized spacial score (nSPS) is 11.1. The Bertz CT molecular complexity index is 871. The van der Waals surface area contributed by atoms with Crippen molar-refractivity contribution in [3.05, 3.63) is 71.8 Å². The minimum absolute atomic E-state index is 0.132. The summed E-state index contributed by atoms with van der Waals surface area (Å²) in [6, 6.07) is 17.1. The van der Waals surface area contributed by atoms with E-state index in [-0.39, 0.29) is 24.8 Å². The molecule has 2 N–H and O–H groups in total. The number of carbonyl (C=O) groups excluding carboxylic acids is 4. The fraction of sp³-hybridized carbons (Fsp3) is 0.273. The summed E-state index contributed by atoms with van der Waals surface area (Å²) in [5.41, 5.74) is 1.21. The van der Waals surface area contributed by atoms with Crippen LogP contribution >= 0.6 is 0 Å². The summed E-state index contributed by atoms with van der Waals surface area (Å²) in [6.07, 6.45) is -0.144. The Morgan fingerprint density at radius 3 is 2.17 bits per heavy atom. The lowest BCUT2D eigenvalue weighted by molar-refractivity contribution is -0.152. The van der Waals surface area contributed by atoms with Crippen LogP contribution < -0.4 is 10.6 Å². The molecule has 0 aliphatic heterocycles. The van der Waals surface area contributed by atoms with Crippen LogP contribution in [0, 0.1) is 0 Å². The summed E-state index contributed by atoms with van der Waals surface area (Å²) in [7, 11) is 2.91. The molecule has 158 valence electrons. The van der Waals surface area contributed by atoms with E-state index in [4.69, 9.17) is 4.74 Å². The second-order valence-corrected chi connectivity index (χ2v) is 6.59. The first-order valence-corrected chi connectivity index (χ1v) is 9.41. The molecule has 2 rings (SSSR count). The highest BCUT2D eigenvalue weighted by Crippen LogP contribution is 2.18. The van der Waals surface area contributed by atoms with Crippen LogP contribution in [0.2, 0.25) is 0 Å². The van der Waals surface area contributed by atoms with Gasteiger partial charge in [-0.25, -0.2) is 0 Å². The molecule has 0 unspecified atom stereocenters. The van der Waals surface area contributed by atoms with Crippen molar-refractivity contribution in [3.8, 4) is 0 Å². The quantitative estimate of drug-likeness (QED) is 0.605. The molecule has 0 spiro atoms. The Morgan fingerprint density at radius 1 is 0.967 bits per heavy atom. The maximum atomic E-state index is 12.5. The van der Waals surface area contributed by atoms with Gasteiger partial charge in [0.05, 0.1) is 19.0 Å². The van der Waals surface area contributed by atoms with E-state index in [1.54, 1.807) is 54.6 Å². The van der Waals surface area contributed by atoms with E-state index in [1.165, 1.54) is 14.1 Å². The fourth-order valence-electron chi connectivity index (χ4n) is 2.63. The number of benzene rings is 2. The highest BCUT2D eigenvalue weighted by molar-refractivity contribution is 5.94. The van der Waals surface area contributed by atoms with Crippen molar-refractivity contribution in [3.63, 3.8) is 0 Å². The molecule has 0 saturated heterocycles. The summed E-state index contributed by atoms with van der Waals surface area (Å²) < 4.78 is 5.07. The van der Waals surface area contributed by atoms with E-state index in [0.29, 0.717) is 5.56 Å². The molecule has 0 aliphatic carbocycles. The van der Waals surface area contributed by atoms with Gasteiger partial charge in [-0.3, -0.25) is 19.2 Å². The molecular weight excluding hydrogens is 386 g/mol. The third-order valence-electron chi connectivity index (χ3n) is 4.36. The number of carbonyl (C=O) groups is 4. The van der Waals surface area contributed by atoms with Gasteiger partial charge in [-0.05, 0) is 17.7 Å². The van der Waals surface area contributed by atoms with Gasteiger partial charge in [0.25, 0.3) is 11.8 Å². The second-order valence-electron chi connectivity index (χ2n) is 6.59. The summed E-state index contributed by atoms with van der Waals surface area (Å²) in [4.78, 5) is 49.4. The molecule has 0 saturated carbocycles. The van der Waals surface area contributed by atoms with Crippen molar-refractivity contribution in [2.24, 2.45) is 0 Å². The van der Waals surface area contributed by atoms with Crippen molar-refractivity contribution < 1.29 is 23.9 Å². The van der Waals surface area contributed by atoms with Crippen molar-refractivity contribution in [2.75, 3.05) is 27.2 Å². The average Bonchev–Trinajstić information content (AvgIpc) is 2.77. The zero-order valence-electron chi connectivity index (χ0n) is 17.0. The van der Waals surface area contributed by atoms with Gasteiger partial charge < -0.3 is 20.3 Å². The molecule has 8 heteroatoms. The Morgan fingerprint density at radius 2 is 1.57 bits per heavy atom. The van der Waals surface area contributed by atoms with E-state index in [9.17, 15) is 19.2 Å². The third-order valence-corrected chi connectivity index (χ3v) is 4.36. The lowest BCUT2D eigenvalue weighted by Crippen LogP contribution is -2.39. The lowest BCUT2D eigenvalue weighted by Gasteiger charge is -2.19. The second kappa shape index (κ2) is 11.4. The maximum absolute atomic E-state index is 12.5. The van der Waals surface area contributed by atoms with Crippen LogP contribution in [0.3, 0.4) is 0 Å². The Labute approximate surface area is 175 Å². The van der Waals surface area contributed by atoms with Crippen molar-refractivity contribution >= 4 is 23.7 Å². The van der Waals surface area contributed by atoms with Crippen molar-refractivity contribution in [1.29, 1.82) is 0 Å². The average molecular weight is 411 g/mol. The standard InChI is InChI=1S/C22H25N3O5/c1-23-19(26)14-25(2)20(27)15-30-21(28)13-18(16-9-5-3-6-10-16)24-22(29)17-11-7-4-8-12-17/h3-12,18H,13-15H2,1-2H3,(H,23,26)(H,24,29)/t18-/m0/s1. The molecule has 0 aromatic heterocycles. The summed E-state index contributed by atoms with van der Waals surface area (Å²) in [6.45, 7) is -0.618. The number of ether oxygens (including phenoxy) is 1. The number of amides is 3. The van der Waals surface area contributed by atoms with Gasteiger partial charge in [0.2, 0.25) is 5.91 Å². The van der Waals surface area contributed by atoms with Gasteiger partial charge in [-0.2, -0.15) is 0 Å². The predicted molar refractivity (Wildman–Crippen MR) is 110 cm³/mol. The first kappa shape index (κ1) is 22.6. The Kier molecular flexibility index (Phi) is 8.56. The molecule has 2 aromatic carbocycles. The molecule has 8 nitrogen and oxygen atoms in total. The summed E-state index contributed by atoms with van der Waals surface area (Å²) >= 11 is 0. The van der Waals surface area contributed by atoms with Gasteiger partial charge in [0.1, 0.15) is 0 Å². The van der Waals surface area contributed by atoms with Gasteiger partial charge >= 0.3 is 5.97 Å². The maximum Gasteiger partial charge on any atom is 0.308 e. The number of likely N-dealkylation sites (N-methyl/N-ethyl adjacent to an activating group) is 2. The largest absolute Gasteiger partial charge is 0.455 e. The molecular formula is C22H25N3O5. The molecule has 3 amide bonds. The number of nitrogens with zero attached hydrogens (tertiary/aromatic N) is 1. The third kappa shape index (κ3) is 7.05. The van der Waals surface area contributed by atoms with Gasteiger partial charge in [-0.15, -0.1) is 0 Å². The number of esters is 1. The number of rotatable bonds is 9. The zero-order valence-corrected chi connectivity index (χ0v) is 17.0. The van der Waals surface area contributed by atoms with E-state index in [2.05, 4.69) is 10.6 Å². The van der Waals surface area contributed by atoms with Gasteiger partial charge in [-0.1, -0.05) is 48.5 Å². The predicted octanol–water partition coefficient (Wildman–Crippen LogP) is 1.30. The Hall–Kier alpha value is -3.68. The first-order valence-electron chi connectivity index (χ1n) is 9.41.